The Kier molecular flexibility index (Phi) is 8.60. The number of carbonyl (C=O) groups excluding carboxylic acids is 1. The number of likely N-dealkylation sites (tertiary alicyclic amines) is 1. The predicted molar refractivity (Wildman–Crippen MR) is 123 cm³/mol. The molecule has 2 aromatic carbocycles. The monoisotopic (exact) mass is 500 g/mol. The molecule has 0 bridgehead atoms. The number of carbonyl (C=O) groups is 2. The molecular formula is C24H28ClF3N2O4. The number of ether oxygens (including phenoxy) is 1. The Hall–Kier alpha value is -2.78. The van der Waals surface area contributed by atoms with Crippen molar-refractivity contribution in [3.63, 3.8) is 0 Å². The molecule has 2 N–H and O–H groups in total. The van der Waals surface area contributed by atoms with Crippen molar-refractivity contribution in [3.05, 3.63) is 65.2 Å². The zero-order valence-corrected chi connectivity index (χ0v) is 19.9. The third-order valence-electron chi connectivity index (χ3n) is 5.96. The minimum absolute atomic E-state index is 0. The van der Waals surface area contributed by atoms with Crippen LogP contribution >= 0.6 is 12.4 Å². The van der Waals surface area contributed by atoms with Crippen molar-refractivity contribution in [2.45, 2.75) is 51.1 Å². The van der Waals surface area contributed by atoms with Crippen LogP contribution in [0.15, 0.2) is 48.5 Å². The van der Waals surface area contributed by atoms with E-state index >= 15 is 0 Å². The molecule has 0 unspecified atom stereocenters. The molecule has 0 spiro atoms. The summed E-state index contributed by atoms with van der Waals surface area (Å²) in [6.07, 6.45) is -4.19. The molecule has 1 fully saturated rings. The number of amides is 1. The van der Waals surface area contributed by atoms with Crippen LogP contribution in [0.4, 0.5) is 13.2 Å². The highest BCUT2D eigenvalue weighted by Crippen LogP contribution is 2.32. The highest BCUT2D eigenvalue weighted by molar-refractivity contribution is 5.88. The maximum Gasteiger partial charge on any atom is 0.416 e. The number of halogens is 4. The maximum absolute atomic E-state index is 13.0. The SMILES string of the molecule is C[C@H](NC(=O)C(C)(C)N1CC[C@@H](Oc2cccc(C(F)(F)F)c2)C1)c1ccc(C(=O)O)cc1.Cl. The first-order chi connectivity index (χ1) is 15.4. The van der Waals surface area contributed by atoms with E-state index in [1.165, 1.54) is 24.3 Å². The molecule has 1 aliphatic heterocycles. The Labute approximate surface area is 202 Å². The summed E-state index contributed by atoms with van der Waals surface area (Å²) in [7, 11) is 0. The predicted octanol–water partition coefficient (Wildman–Crippen LogP) is 4.93. The molecule has 10 heteroatoms. The summed E-state index contributed by atoms with van der Waals surface area (Å²) in [6.45, 7) is 6.35. The van der Waals surface area contributed by atoms with Gasteiger partial charge in [-0.2, -0.15) is 13.2 Å². The summed E-state index contributed by atoms with van der Waals surface area (Å²) in [5, 5.41) is 12.0. The smallest absolute Gasteiger partial charge is 0.416 e. The van der Waals surface area contributed by atoms with Gasteiger partial charge in [0.2, 0.25) is 5.91 Å². The van der Waals surface area contributed by atoms with Crippen LogP contribution in [0.3, 0.4) is 0 Å². The average molecular weight is 501 g/mol. The van der Waals surface area contributed by atoms with Crippen molar-refractivity contribution in [1.29, 1.82) is 0 Å². The Morgan fingerprint density at radius 3 is 2.38 bits per heavy atom. The molecule has 0 saturated carbocycles. The van der Waals surface area contributed by atoms with Gasteiger partial charge in [-0.05, 0) is 63.1 Å². The summed E-state index contributed by atoms with van der Waals surface area (Å²) in [5.74, 6) is -1.08. The van der Waals surface area contributed by atoms with Gasteiger partial charge in [0.15, 0.2) is 0 Å². The lowest BCUT2D eigenvalue weighted by Gasteiger charge is -2.35. The van der Waals surface area contributed by atoms with Crippen molar-refractivity contribution in [2.75, 3.05) is 13.1 Å². The van der Waals surface area contributed by atoms with E-state index in [4.69, 9.17) is 9.84 Å². The third-order valence-corrected chi connectivity index (χ3v) is 5.96. The minimum Gasteiger partial charge on any atom is -0.489 e. The van der Waals surface area contributed by atoms with Crippen LogP contribution in [-0.4, -0.2) is 46.6 Å². The zero-order valence-electron chi connectivity index (χ0n) is 19.1. The van der Waals surface area contributed by atoms with Crippen LogP contribution in [0, 0.1) is 0 Å². The van der Waals surface area contributed by atoms with Gasteiger partial charge in [0.1, 0.15) is 11.9 Å². The van der Waals surface area contributed by atoms with E-state index < -0.39 is 23.2 Å². The van der Waals surface area contributed by atoms with Gasteiger partial charge in [0.05, 0.1) is 22.7 Å². The van der Waals surface area contributed by atoms with E-state index in [2.05, 4.69) is 5.32 Å². The molecule has 0 aromatic heterocycles. The number of aromatic carboxylic acids is 1. The molecule has 2 aromatic rings. The maximum atomic E-state index is 13.0. The molecule has 1 heterocycles. The molecule has 0 aliphatic carbocycles. The van der Waals surface area contributed by atoms with E-state index in [-0.39, 0.29) is 41.8 Å². The van der Waals surface area contributed by atoms with E-state index in [1.54, 1.807) is 26.0 Å². The fraction of sp³-hybridized carbons (Fsp3) is 0.417. The quantitative estimate of drug-likeness (QED) is 0.563. The van der Waals surface area contributed by atoms with Gasteiger partial charge in [0.25, 0.3) is 0 Å². The number of benzene rings is 2. The number of nitrogens with zero attached hydrogens (tertiary/aromatic N) is 1. The summed E-state index contributed by atoms with van der Waals surface area (Å²) < 4.78 is 44.6. The number of hydrogen-bond acceptors (Lipinski definition) is 4. The van der Waals surface area contributed by atoms with Gasteiger partial charge in [-0.1, -0.05) is 18.2 Å². The van der Waals surface area contributed by atoms with E-state index in [9.17, 15) is 22.8 Å². The molecule has 34 heavy (non-hydrogen) atoms. The van der Waals surface area contributed by atoms with Gasteiger partial charge in [-0.3, -0.25) is 9.69 Å². The van der Waals surface area contributed by atoms with Gasteiger partial charge < -0.3 is 15.2 Å². The minimum atomic E-state index is -4.44. The van der Waals surface area contributed by atoms with Crippen molar-refractivity contribution < 1.29 is 32.6 Å². The molecule has 0 radical (unpaired) electrons. The fourth-order valence-electron chi connectivity index (χ4n) is 3.78. The van der Waals surface area contributed by atoms with E-state index in [0.29, 0.717) is 19.5 Å². The van der Waals surface area contributed by atoms with Crippen molar-refractivity contribution in [2.24, 2.45) is 0 Å². The van der Waals surface area contributed by atoms with Gasteiger partial charge in [0, 0.05) is 13.1 Å². The van der Waals surface area contributed by atoms with Crippen LogP contribution in [0.5, 0.6) is 5.75 Å². The summed E-state index contributed by atoms with van der Waals surface area (Å²) in [4.78, 5) is 26.0. The van der Waals surface area contributed by atoms with Crippen LogP contribution < -0.4 is 10.1 Å². The van der Waals surface area contributed by atoms with E-state index in [0.717, 1.165) is 17.7 Å². The average Bonchev–Trinajstić information content (AvgIpc) is 3.22. The second-order valence-corrected chi connectivity index (χ2v) is 8.68. The number of alkyl halides is 3. The molecule has 1 saturated heterocycles. The first-order valence-electron chi connectivity index (χ1n) is 10.6. The highest BCUT2D eigenvalue weighted by Gasteiger charge is 2.40. The lowest BCUT2D eigenvalue weighted by Crippen LogP contribution is -2.54. The first kappa shape index (κ1) is 27.5. The second-order valence-electron chi connectivity index (χ2n) is 8.68. The number of rotatable bonds is 7. The van der Waals surface area contributed by atoms with Gasteiger partial charge in [-0.25, -0.2) is 4.79 Å². The third kappa shape index (κ3) is 6.42. The lowest BCUT2D eigenvalue weighted by atomic mass is 10.00. The van der Waals surface area contributed by atoms with Crippen LogP contribution in [0.25, 0.3) is 0 Å². The number of hydrogen-bond donors (Lipinski definition) is 2. The summed E-state index contributed by atoms with van der Waals surface area (Å²) in [6, 6.07) is 10.8. The van der Waals surface area contributed by atoms with E-state index in [1.807, 2.05) is 11.8 Å². The molecular weight excluding hydrogens is 473 g/mol. The molecule has 2 atom stereocenters. The number of nitrogens with one attached hydrogen (secondary N) is 1. The lowest BCUT2D eigenvalue weighted by molar-refractivity contribution is -0.137. The topological polar surface area (TPSA) is 78.9 Å². The molecule has 1 aliphatic rings. The number of carboxylic acid groups (broad SMARTS) is 1. The van der Waals surface area contributed by atoms with Crippen molar-refractivity contribution >= 4 is 24.3 Å². The van der Waals surface area contributed by atoms with Crippen LogP contribution in [0.1, 0.15) is 54.7 Å². The highest BCUT2D eigenvalue weighted by atomic mass is 35.5. The van der Waals surface area contributed by atoms with Crippen molar-refractivity contribution in [1.82, 2.24) is 10.2 Å². The van der Waals surface area contributed by atoms with Gasteiger partial charge >= 0.3 is 12.1 Å². The fourth-order valence-corrected chi connectivity index (χ4v) is 3.78. The Balaban J connectivity index is 0.00000408. The Bertz CT molecular complexity index is 1010. The van der Waals surface area contributed by atoms with Crippen LogP contribution in [-0.2, 0) is 11.0 Å². The molecule has 1 amide bonds. The Morgan fingerprint density at radius 2 is 1.79 bits per heavy atom. The van der Waals surface area contributed by atoms with Crippen molar-refractivity contribution in [3.8, 4) is 5.75 Å². The summed E-state index contributed by atoms with van der Waals surface area (Å²) in [5.41, 5.74) is -0.695. The first-order valence-corrected chi connectivity index (χ1v) is 10.6. The molecule has 186 valence electrons. The Morgan fingerprint density at radius 1 is 1.15 bits per heavy atom. The second kappa shape index (κ2) is 10.7. The van der Waals surface area contributed by atoms with Crippen LogP contribution in [0.2, 0.25) is 0 Å². The molecule has 6 nitrogen and oxygen atoms in total. The zero-order chi connectivity index (χ0) is 24.4. The van der Waals surface area contributed by atoms with Gasteiger partial charge in [-0.15, -0.1) is 12.4 Å². The number of carboxylic acids is 1. The normalized spacial score (nSPS) is 17.5. The standard InChI is InChI=1S/C24H27F3N2O4.ClH/c1-15(16-7-9-17(10-8-16)21(30)31)28-22(32)23(2,3)29-12-11-20(14-29)33-19-6-4-5-18(13-19)24(25,26)27;/h4-10,13,15,20H,11-12,14H2,1-3H3,(H,28,32)(H,30,31);1H/t15-,20+;/m0./s1. The summed E-state index contributed by atoms with van der Waals surface area (Å²) >= 11 is 0. The molecule has 3 rings (SSSR count). The largest absolute Gasteiger partial charge is 0.489 e.